The number of rotatable bonds is 6. The maximum absolute atomic E-state index is 11.7. The van der Waals surface area contributed by atoms with Gasteiger partial charge in [0.25, 0.3) is 5.91 Å². The summed E-state index contributed by atoms with van der Waals surface area (Å²) in [7, 11) is -0.383. The van der Waals surface area contributed by atoms with Gasteiger partial charge in [-0.15, -0.1) is 0 Å². The molecule has 8 heteroatoms. The smallest absolute Gasteiger partial charge is 0.492 e. The second kappa shape index (κ2) is 7.24. The number of benzene rings is 1. The van der Waals surface area contributed by atoms with Crippen molar-refractivity contribution in [3.8, 4) is 5.75 Å². The first-order valence-corrected chi connectivity index (χ1v) is 9.41. The fraction of sp³-hybridized carbons (Fsp3) is 0.632. The third-order valence-corrected chi connectivity index (χ3v) is 5.46. The molecule has 1 unspecified atom stereocenters. The monoisotopic (exact) mass is 373 g/mol. The van der Waals surface area contributed by atoms with Crippen molar-refractivity contribution in [2.24, 2.45) is 16.3 Å². The fourth-order valence-corrected chi connectivity index (χ4v) is 3.11. The number of amides is 1. The lowest BCUT2D eigenvalue weighted by atomic mass is 9.79. The summed E-state index contributed by atoms with van der Waals surface area (Å²) in [6.45, 7) is 13.1. The third-order valence-electron chi connectivity index (χ3n) is 5.46. The van der Waals surface area contributed by atoms with E-state index in [9.17, 15) is 4.79 Å². The number of hydrogen-bond donors (Lipinski definition) is 0. The molecule has 0 bridgehead atoms. The first-order valence-electron chi connectivity index (χ1n) is 9.41. The SMILES string of the molecule is CC(C)C1C(=O)N=NN1CCOc1ccc(B2OC(C)(C)C(C)(C)O2)cc1. The van der Waals surface area contributed by atoms with Crippen LogP contribution in [0, 0.1) is 5.92 Å². The summed E-state index contributed by atoms with van der Waals surface area (Å²) >= 11 is 0. The van der Waals surface area contributed by atoms with E-state index in [2.05, 4.69) is 10.3 Å². The first-order chi connectivity index (χ1) is 12.6. The van der Waals surface area contributed by atoms with Gasteiger partial charge in [0, 0.05) is 0 Å². The summed E-state index contributed by atoms with van der Waals surface area (Å²) in [5.74, 6) is 0.724. The Labute approximate surface area is 161 Å². The molecule has 3 rings (SSSR count). The van der Waals surface area contributed by atoms with Crippen molar-refractivity contribution in [1.82, 2.24) is 5.01 Å². The van der Waals surface area contributed by atoms with Gasteiger partial charge in [0.1, 0.15) is 18.4 Å². The number of carbonyl (C=O) groups excluding carboxylic acids is 1. The van der Waals surface area contributed by atoms with E-state index in [-0.39, 0.29) is 36.2 Å². The van der Waals surface area contributed by atoms with Crippen LogP contribution in [0.4, 0.5) is 0 Å². The summed E-state index contributed by atoms with van der Waals surface area (Å²) in [5, 5.41) is 9.29. The van der Waals surface area contributed by atoms with Crippen LogP contribution in [0.2, 0.25) is 0 Å². The minimum absolute atomic E-state index is 0.159. The van der Waals surface area contributed by atoms with Crippen LogP contribution in [0.1, 0.15) is 41.5 Å². The second-order valence-electron chi connectivity index (χ2n) is 8.39. The van der Waals surface area contributed by atoms with Gasteiger partial charge in [-0.1, -0.05) is 36.3 Å². The van der Waals surface area contributed by atoms with E-state index < -0.39 is 0 Å². The fourth-order valence-electron chi connectivity index (χ4n) is 3.11. The maximum atomic E-state index is 11.7. The summed E-state index contributed by atoms with van der Waals surface area (Å²) in [6, 6.07) is 7.41. The summed E-state index contributed by atoms with van der Waals surface area (Å²) in [5.41, 5.74) is 0.239. The molecular formula is C19H28BN3O4. The molecule has 146 valence electrons. The van der Waals surface area contributed by atoms with E-state index in [0.717, 1.165) is 11.2 Å². The van der Waals surface area contributed by atoms with E-state index in [4.69, 9.17) is 14.0 Å². The van der Waals surface area contributed by atoms with Crippen LogP contribution in [-0.2, 0) is 14.1 Å². The molecule has 2 aliphatic heterocycles. The Kier molecular flexibility index (Phi) is 5.32. The molecule has 1 aromatic rings. The molecule has 0 N–H and O–H groups in total. The molecular weight excluding hydrogens is 345 g/mol. The molecule has 0 saturated carbocycles. The zero-order chi connectivity index (χ0) is 19.8. The molecule has 7 nitrogen and oxygen atoms in total. The van der Waals surface area contributed by atoms with E-state index >= 15 is 0 Å². The molecule has 0 radical (unpaired) electrons. The normalized spacial score (nSPS) is 23.5. The van der Waals surface area contributed by atoms with Gasteiger partial charge < -0.3 is 14.0 Å². The highest BCUT2D eigenvalue weighted by molar-refractivity contribution is 6.62. The number of carbonyl (C=O) groups is 1. The Bertz CT molecular complexity index is 702. The molecule has 1 aromatic carbocycles. The van der Waals surface area contributed by atoms with Gasteiger partial charge in [0.15, 0.2) is 0 Å². The zero-order valence-corrected chi connectivity index (χ0v) is 16.9. The molecule has 2 heterocycles. The van der Waals surface area contributed by atoms with Crippen molar-refractivity contribution in [2.45, 2.75) is 58.8 Å². The molecule has 0 spiro atoms. The molecule has 27 heavy (non-hydrogen) atoms. The predicted molar refractivity (Wildman–Crippen MR) is 103 cm³/mol. The Balaban J connectivity index is 1.53. The van der Waals surface area contributed by atoms with Gasteiger partial charge in [-0.05, 0) is 51.2 Å². The predicted octanol–water partition coefficient (Wildman–Crippen LogP) is 2.60. The van der Waals surface area contributed by atoms with Crippen LogP contribution in [0.5, 0.6) is 5.75 Å². The Morgan fingerprint density at radius 1 is 1.15 bits per heavy atom. The van der Waals surface area contributed by atoms with E-state index in [1.54, 1.807) is 5.01 Å². The third kappa shape index (κ3) is 4.01. The van der Waals surface area contributed by atoms with Gasteiger partial charge in [-0.3, -0.25) is 9.80 Å². The first kappa shape index (κ1) is 19.8. The van der Waals surface area contributed by atoms with Crippen LogP contribution >= 0.6 is 0 Å². The molecule has 1 atom stereocenters. The van der Waals surface area contributed by atoms with Crippen LogP contribution in [0.15, 0.2) is 34.6 Å². The van der Waals surface area contributed by atoms with Gasteiger partial charge in [0.2, 0.25) is 0 Å². The largest absolute Gasteiger partial charge is 0.494 e. The lowest BCUT2D eigenvalue weighted by Gasteiger charge is -2.32. The van der Waals surface area contributed by atoms with E-state index in [0.29, 0.717) is 13.2 Å². The number of nitrogens with zero attached hydrogens (tertiary/aromatic N) is 3. The summed E-state index contributed by atoms with van der Waals surface area (Å²) in [6.07, 6.45) is 0. The van der Waals surface area contributed by atoms with Crippen LogP contribution in [0.3, 0.4) is 0 Å². The van der Waals surface area contributed by atoms with Gasteiger partial charge >= 0.3 is 7.12 Å². The van der Waals surface area contributed by atoms with Crippen molar-refractivity contribution < 1.29 is 18.8 Å². The highest BCUT2D eigenvalue weighted by Gasteiger charge is 2.51. The van der Waals surface area contributed by atoms with Crippen LogP contribution < -0.4 is 10.2 Å². The molecule has 1 amide bonds. The van der Waals surface area contributed by atoms with Crippen molar-refractivity contribution in [1.29, 1.82) is 0 Å². The molecule has 2 aliphatic rings. The summed E-state index contributed by atoms with van der Waals surface area (Å²) < 4.78 is 17.9. The lowest BCUT2D eigenvalue weighted by Crippen LogP contribution is -2.41. The second-order valence-corrected chi connectivity index (χ2v) is 8.39. The maximum Gasteiger partial charge on any atom is 0.494 e. The highest BCUT2D eigenvalue weighted by atomic mass is 16.7. The standard InChI is InChI=1S/C19H28BN3O4/c1-13(2)16-17(24)21-22-23(16)11-12-25-15-9-7-14(8-10-15)20-26-18(3,4)19(5,6)27-20/h7-10,13,16H,11-12H2,1-6H3. The van der Waals surface area contributed by atoms with E-state index in [1.807, 2.05) is 65.8 Å². The van der Waals surface area contributed by atoms with Gasteiger partial charge in [0.05, 0.1) is 17.7 Å². The quantitative estimate of drug-likeness (QED) is 0.717. The Morgan fingerprint density at radius 3 is 2.30 bits per heavy atom. The molecule has 0 aliphatic carbocycles. The number of hydrogen-bond acceptors (Lipinski definition) is 6. The van der Waals surface area contributed by atoms with Crippen molar-refractivity contribution in [2.75, 3.05) is 13.2 Å². The molecule has 0 aromatic heterocycles. The topological polar surface area (TPSA) is 72.7 Å². The molecule has 1 fully saturated rings. The average Bonchev–Trinajstić information content (AvgIpc) is 3.04. The van der Waals surface area contributed by atoms with Crippen molar-refractivity contribution in [3.63, 3.8) is 0 Å². The van der Waals surface area contributed by atoms with Gasteiger partial charge in [-0.2, -0.15) is 0 Å². The lowest BCUT2D eigenvalue weighted by molar-refractivity contribution is -0.121. The minimum Gasteiger partial charge on any atom is -0.492 e. The van der Waals surface area contributed by atoms with Gasteiger partial charge in [-0.25, -0.2) is 0 Å². The zero-order valence-electron chi connectivity index (χ0n) is 16.9. The van der Waals surface area contributed by atoms with Crippen molar-refractivity contribution >= 4 is 18.5 Å². The summed E-state index contributed by atoms with van der Waals surface area (Å²) in [4.78, 5) is 11.7. The number of ether oxygens (including phenoxy) is 1. The van der Waals surface area contributed by atoms with Crippen LogP contribution in [-0.4, -0.2) is 48.4 Å². The van der Waals surface area contributed by atoms with Crippen molar-refractivity contribution in [3.05, 3.63) is 24.3 Å². The average molecular weight is 373 g/mol. The molecule has 1 saturated heterocycles. The highest BCUT2D eigenvalue weighted by Crippen LogP contribution is 2.36. The Morgan fingerprint density at radius 2 is 1.74 bits per heavy atom. The Hall–Kier alpha value is -1.93. The minimum atomic E-state index is -0.383. The van der Waals surface area contributed by atoms with E-state index in [1.165, 1.54) is 0 Å². The van der Waals surface area contributed by atoms with Crippen LogP contribution in [0.25, 0.3) is 0 Å².